The number of amides is 1. The highest BCUT2D eigenvalue weighted by atomic mass is 32.1. The van der Waals surface area contributed by atoms with Gasteiger partial charge in [0.15, 0.2) is 4.96 Å². The van der Waals surface area contributed by atoms with E-state index in [2.05, 4.69) is 10.3 Å². The number of aliphatic carboxylic acids is 1. The minimum absolute atomic E-state index is 0.153. The highest BCUT2D eigenvalue weighted by Gasteiger charge is 2.18. The molecule has 0 bridgehead atoms. The van der Waals surface area contributed by atoms with E-state index >= 15 is 0 Å². The highest BCUT2D eigenvalue weighted by molar-refractivity contribution is 7.15. The fraction of sp³-hybridized carbons (Fsp3) is 0.364. The number of carbonyl (C=O) groups is 2. The topological polar surface area (TPSA) is 83.7 Å². The fourth-order valence-corrected chi connectivity index (χ4v) is 2.50. The van der Waals surface area contributed by atoms with Crippen molar-refractivity contribution in [2.24, 2.45) is 0 Å². The summed E-state index contributed by atoms with van der Waals surface area (Å²) in [6.45, 7) is 1.72. The van der Waals surface area contributed by atoms with Crippen molar-refractivity contribution in [3.8, 4) is 0 Å². The zero-order valence-corrected chi connectivity index (χ0v) is 10.6. The predicted molar refractivity (Wildman–Crippen MR) is 66.6 cm³/mol. The highest BCUT2D eigenvalue weighted by Crippen LogP contribution is 2.14. The van der Waals surface area contributed by atoms with Gasteiger partial charge in [-0.2, -0.15) is 0 Å². The zero-order valence-electron chi connectivity index (χ0n) is 9.79. The van der Waals surface area contributed by atoms with Gasteiger partial charge in [0.2, 0.25) is 5.91 Å². The fourth-order valence-electron chi connectivity index (χ4n) is 1.65. The summed E-state index contributed by atoms with van der Waals surface area (Å²) in [5, 5.41) is 13.2. The van der Waals surface area contributed by atoms with Crippen molar-refractivity contribution in [2.45, 2.75) is 25.8 Å². The molecule has 0 fully saturated rings. The Hall–Kier alpha value is -1.89. The molecule has 0 saturated carbocycles. The minimum atomic E-state index is -1.01. The molecular formula is C11H13N3O3S. The number of imidazole rings is 1. The first-order chi connectivity index (χ1) is 8.61. The minimum Gasteiger partial charge on any atom is -0.480 e. The molecule has 0 aliphatic carbocycles. The second kappa shape index (κ2) is 5.18. The van der Waals surface area contributed by atoms with Crippen LogP contribution in [0.25, 0.3) is 4.96 Å². The molecule has 7 heteroatoms. The van der Waals surface area contributed by atoms with Gasteiger partial charge in [0, 0.05) is 23.5 Å². The number of aromatic nitrogens is 2. The van der Waals surface area contributed by atoms with E-state index in [0.717, 1.165) is 10.7 Å². The lowest BCUT2D eigenvalue weighted by molar-refractivity contribution is -0.141. The number of hydrogen-bond acceptors (Lipinski definition) is 4. The molecule has 0 aliphatic heterocycles. The first kappa shape index (κ1) is 12.6. The molecule has 96 valence electrons. The first-order valence-electron chi connectivity index (χ1n) is 5.53. The number of hydrogen-bond donors (Lipinski definition) is 2. The molecule has 2 N–H and O–H groups in total. The lowest BCUT2D eigenvalue weighted by Gasteiger charge is -2.11. The Bertz CT molecular complexity index is 575. The van der Waals surface area contributed by atoms with E-state index in [4.69, 9.17) is 5.11 Å². The van der Waals surface area contributed by atoms with Gasteiger partial charge >= 0.3 is 5.97 Å². The Kier molecular flexibility index (Phi) is 3.61. The van der Waals surface area contributed by atoms with E-state index in [1.807, 2.05) is 9.78 Å². The smallest absolute Gasteiger partial charge is 0.326 e. The van der Waals surface area contributed by atoms with Crippen LogP contribution in [-0.4, -0.2) is 32.4 Å². The third kappa shape index (κ3) is 2.51. The van der Waals surface area contributed by atoms with Crippen molar-refractivity contribution in [1.82, 2.24) is 14.7 Å². The normalized spacial score (nSPS) is 12.5. The lowest BCUT2D eigenvalue weighted by atomic mass is 10.2. The van der Waals surface area contributed by atoms with Crippen LogP contribution in [0.1, 0.15) is 19.0 Å². The Balaban J connectivity index is 2.04. The predicted octanol–water partition coefficient (Wildman–Crippen LogP) is 0.918. The molecular weight excluding hydrogens is 254 g/mol. The SMILES string of the molecule is CCC(NC(=O)Cc1csc2nccn12)C(=O)O. The van der Waals surface area contributed by atoms with E-state index < -0.39 is 12.0 Å². The number of nitrogens with one attached hydrogen (secondary N) is 1. The maximum absolute atomic E-state index is 11.7. The number of thiazole rings is 1. The van der Waals surface area contributed by atoms with Gasteiger partial charge in [-0.1, -0.05) is 6.92 Å². The molecule has 2 aromatic rings. The molecule has 2 aromatic heterocycles. The molecule has 2 heterocycles. The van der Waals surface area contributed by atoms with Gasteiger partial charge in [0.05, 0.1) is 6.42 Å². The Morgan fingerprint density at radius 1 is 1.61 bits per heavy atom. The average molecular weight is 267 g/mol. The number of nitrogens with zero attached hydrogens (tertiary/aromatic N) is 2. The summed E-state index contributed by atoms with van der Waals surface area (Å²) >= 11 is 1.45. The molecule has 1 amide bonds. The first-order valence-corrected chi connectivity index (χ1v) is 6.41. The van der Waals surface area contributed by atoms with Gasteiger partial charge in [-0.25, -0.2) is 9.78 Å². The zero-order chi connectivity index (χ0) is 13.1. The molecule has 6 nitrogen and oxygen atoms in total. The lowest BCUT2D eigenvalue weighted by Crippen LogP contribution is -2.41. The van der Waals surface area contributed by atoms with Crippen LogP contribution in [0.2, 0.25) is 0 Å². The number of carboxylic acid groups (broad SMARTS) is 1. The van der Waals surface area contributed by atoms with Gasteiger partial charge in [0.25, 0.3) is 0 Å². The third-order valence-corrected chi connectivity index (χ3v) is 3.50. The monoisotopic (exact) mass is 267 g/mol. The second-order valence-corrected chi connectivity index (χ2v) is 4.69. The largest absolute Gasteiger partial charge is 0.480 e. The van der Waals surface area contributed by atoms with Gasteiger partial charge in [-0.3, -0.25) is 9.20 Å². The average Bonchev–Trinajstić information content (AvgIpc) is 2.90. The number of rotatable bonds is 5. The van der Waals surface area contributed by atoms with Crippen molar-refractivity contribution in [2.75, 3.05) is 0 Å². The van der Waals surface area contributed by atoms with Gasteiger partial charge < -0.3 is 10.4 Å². The van der Waals surface area contributed by atoms with E-state index in [0.29, 0.717) is 6.42 Å². The van der Waals surface area contributed by atoms with E-state index in [1.54, 1.807) is 19.3 Å². The molecule has 0 spiro atoms. The van der Waals surface area contributed by atoms with Crippen LogP contribution in [0.4, 0.5) is 0 Å². The molecule has 1 atom stereocenters. The standard InChI is InChI=1S/C11H13N3O3S/c1-2-8(10(16)17)13-9(15)5-7-6-18-11-12-3-4-14(7)11/h3-4,6,8H,2,5H2,1H3,(H,13,15)(H,16,17). The third-order valence-electron chi connectivity index (χ3n) is 2.60. The van der Waals surface area contributed by atoms with E-state index in [9.17, 15) is 9.59 Å². The van der Waals surface area contributed by atoms with Gasteiger partial charge in [-0.15, -0.1) is 11.3 Å². The van der Waals surface area contributed by atoms with Crippen LogP contribution < -0.4 is 5.32 Å². The summed E-state index contributed by atoms with van der Waals surface area (Å²) in [6, 6.07) is -0.825. The van der Waals surface area contributed by atoms with E-state index in [-0.39, 0.29) is 12.3 Å². The number of carbonyl (C=O) groups excluding carboxylic acids is 1. The Morgan fingerprint density at radius 2 is 2.39 bits per heavy atom. The van der Waals surface area contributed by atoms with E-state index in [1.165, 1.54) is 11.3 Å². The van der Waals surface area contributed by atoms with Crippen LogP contribution in [0.5, 0.6) is 0 Å². The quantitative estimate of drug-likeness (QED) is 0.843. The molecule has 0 aliphatic rings. The van der Waals surface area contributed by atoms with Crippen molar-refractivity contribution < 1.29 is 14.7 Å². The summed E-state index contributed by atoms with van der Waals surface area (Å²) in [5.74, 6) is -1.30. The number of fused-ring (bicyclic) bond motifs is 1. The summed E-state index contributed by atoms with van der Waals surface area (Å²) in [6.07, 6.45) is 3.97. The Morgan fingerprint density at radius 3 is 3.06 bits per heavy atom. The maximum Gasteiger partial charge on any atom is 0.326 e. The molecule has 2 rings (SSSR count). The van der Waals surface area contributed by atoms with Crippen LogP contribution >= 0.6 is 11.3 Å². The maximum atomic E-state index is 11.7. The number of carboxylic acids is 1. The van der Waals surface area contributed by atoms with Crippen molar-refractivity contribution >= 4 is 28.2 Å². The molecule has 0 saturated heterocycles. The molecule has 1 unspecified atom stereocenters. The van der Waals surface area contributed by atoms with Crippen molar-refractivity contribution in [1.29, 1.82) is 0 Å². The van der Waals surface area contributed by atoms with Crippen molar-refractivity contribution in [3.63, 3.8) is 0 Å². The van der Waals surface area contributed by atoms with Crippen molar-refractivity contribution in [3.05, 3.63) is 23.5 Å². The second-order valence-electron chi connectivity index (χ2n) is 3.85. The summed E-state index contributed by atoms with van der Waals surface area (Å²) in [7, 11) is 0. The van der Waals surface area contributed by atoms with Gasteiger partial charge in [-0.05, 0) is 6.42 Å². The summed E-state index contributed by atoms with van der Waals surface area (Å²) in [4.78, 5) is 27.5. The molecule has 18 heavy (non-hydrogen) atoms. The van der Waals surface area contributed by atoms with Gasteiger partial charge in [0.1, 0.15) is 6.04 Å². The summed E-state index contributed by atoms with van der Waals surface area (Å²) < 4.78 is 1.83. The van der Waals surface area contributed by atoms with Crippen LogP contribution in [0.15, 0.2) is 17.8 Å². The molecule has 0 radical (unpaired) electrons. The Labute approximate surface area is 107 Å². The van der Waals surface area contributed by atoms with Crippen LogP contribution in [-0.2, 0) is 16.0 Å². The molecule has 0 aromatic carbocycles. The van der Waals surface area contributed by atoms with Crippen LogP contribution in [0, 0.1) is 0 Å². The van der Waals surface area contributed by atoms with Crippen LogP contribution in [0.3, 0.4) is 0 Å². The summed E-state index contributed by atoms with van der Waals surface area (Å²) in [5.41, 5.74) is 0.810.